The number of alkyl halides is 3. The lowest BCUT2D eigenvalue weighted by molar-refractivity contribution is -0.191. The van der Waals surface area contributed by atoms with Gasteiger partial charge in [0.2, 0.25) is 5.54 Å². The third kappa shape index (κ3) is 2.48. The number of benzene rings is 1. The molecule has 1 unspecified atom stereocenters. The van der Waals surface area contributed by atoms with Gasteiger partial charge in [0.1, 0.15) is 0 Å². The summed E-state index contributed by atoms with van der Waals surface area (Å²) in [6, 6.07) is 5.78. The Kier molecular flexibility index (Phi) is 3.69. The Bertz CT molecular complexity index is 559. The number of nitrogens with one attached hydrogen (secondary N) is 1. The van der Waals surface area contributed by atoms with Crippen LogP contribution in [-0.4, -0.2) is 28.6 Å². The minimum absolute atomic E-state index is 0.187. The van der Waals surface area contributed by atoms with E-state index in [0.29, 0.717) is 17.4 Å². The van der Waals surface area contributed by atoms with Crippen molar-refractivity contribution < 1.29 is 22.8 Å². The molecule has 1 N–H and O–H groups in total. The highest BCUT2D eigenvalue weighted by Gasteiger charge is 2.64. The van der Waals surface area contributed by atoms with E-state index >= 15 is 0 Å². The molecule has 1 fully saturated rings. The van der Waals surface area contributed by atoms with Gasteiger partial charge in [0, 0.05) is 3.57 Å². The molecule has 108 valence electrons. The van der Waals surface area contributed by atoms with Gasteiger partial charge in [0.25, 0.3) is 5.91 Å². The molecule has 1 aromatic rings. The van der Waals surface area contributed by atoms with Gasteiger partial charge >= 0.3 is 12.2 Å². The molecule has 1 aliphatic rings. The summed E-state index contributed by atoms with van der Waals surface area (Å²) in [5.74, 6) is -1.28. The predicted octanol–water partition coefficient (Wildman–Crippen LogP) is 2.66. The number of imide groups is 1. The lowest BCUT2D eigenvalue weighted by Gasteiger charge is -2.24. The molecule has 0 aromatic heterocycles. The van der Waals surface area contributed by atoms with E-state index in [9.17, 15) is 22.8 Å². The van der Waals surface area contributed by atoms with Gasteiger partial charge in [-0.15, -0.1) is 0 Å². The Morgan fingerprint density at radius 2 is 1.80 bits per heavy atom. The molecule has 20 heavy (non-hydrogen) atoms. The molecule has 0 radical (unpaired) electrons. The molecule has 1 aliphatic heterocycles. The number of urea groups is 1. The van der Waals surface area contributed by atoms with Gasteiger partial charge in [-0.3, -0.25) is 9.69 Å². The maximum atomic E-state index is 12.9. The van der Waals surface area contributed by atoms with Crippen LogP contribution >= 0.6 is 22.6 Å². The van der Waals surface area contributed by atoms with Crippen LogP contribution in [-0.2, 0) is 11.3 Å². The first-order valence-electron chi connectivity index (χ1n) is 5.60. The first-order valence-corrected chi connectivity index (χ1v) is 6.68. The molecule has 1 saturated heterocycles. The second-order valence-electron chi connectivity index (χ2n) is 4.57. The molecule has 1 aromatic carbocycles. The Labute approximate surface area is 126 Å². The van der Waals surface area contributed by atoms with Crippen LogP contribution in [0.15, 0.2) is 24.3 Å². The van der Waals surface area contributed by atoms with Crippen molar-refractivity contribution in [2.75, 3.05) is 0 Å². The number of carbonyl (C=O) groups excluding carboxylic acids is 2. The van der Waals surface area contributed by atoms with Crippen LogP contribution in [0.4, 0.5) is 18.0 Å². The van der Waals surface area contributed by atoms with Gasteiger partial charge in [-0.05, 0) is 47.2 Å². The van der Waals surface area contributed by atoms with Gasteiger partial charge in [0.05, 0.1) is 6.54 Å². The van der Waals surface area contributed by atoms with E-state index in [1.54, 1.807) is 29.6 Å². The van der Waals surface area contributed by atoms with E-state index in [-0.39, 0.29) is 6.54 Å². The van der Waals surface area contributed by atoms with Crippen LogP contribution in [0.3, 0.4) is 0 Å². The average Bonchev–Trinajstić information content (AvgIpc) is 2.56. The molecular weight excluding hydrogens is 388 g/mol. The van der Waals surface area contributed by atoms with Gasteiger partial charge in [-0.1, -0.05) is 12.1 Å². The maximum Gasteiger partial charge on any atom is 0.420 e. The van der Waals surface area contributed by atoms with E-state index in [2.05, 4.69) is 22.6 Å². The Morgan fingerprint density at radius 1 is 1.25 bits per heavy atom. The van der Waals surface area contributed by atoms with E-state index in [1.165, 1.54) is 0 Å². The van der Waals surface area contributed by atoms with Crippen LogP contribution in [0.25, 0.3) is 0 Å². The standard InChI is InChI=1S/C12H10F3IN2O2/c1-11(12(13,14)15)9(19)18(10(20)17-11)6-7-2-4-8(16)5-3-7/h2-5H,6H2,1H3,(H,17,20). The molecule has 2 rings (SSSR count). The molecule has 0 spiro atoms. The van der Waals surface area contributed by atoms with Crippen LogP contribution in [0, 0.1) is 3.57 Å². The Balaban J connectivity index is 2.24. The van der Waals surface area contributed by atoms with Crippen molar-refractivity contribution >= 4 is 34.5 Å². The number of carbonyl (C=O) groups is 2. The normalized spacial score (nSPS) is 23.1. The van der Waals surface area contributed by atoms with Crippen molar-refractivity contribution in [3.63, 3.8) is 0 Å². The smallest absolute Gasteiger partial charge is 0.316 e. The fourth-order valence-electron chi connectivity index (χ4n) is 1.81. The van der Waals surface area contributed by atoms with Crippen LogP contribution < -0.4 is 5.32 Å². The van der Waals surface area contributed by atoms with E-state index < -0.39 is 23.7 Å². The third-order valence-corrected chi connectivity index (χ3v) is 3.82. The summed E-state index contributed by atoms with van der Waals surface area (Å²) in [4.78, 5) is 24.1. The van der Waals surface area contributed by atoms with E-state index in [0.717, 1.165) is 3.57 Å². The average molecular weight is 398 g/mol. The third-order valence-electron chi connectivity index (χ3n) is 3.10. The lowest BCUT2D eigenvalue weighted by Crippen LogP contribution is -2.56. The molecule has 0 aliphatic carbocycles. The van der Waals surface area contributed by atoms with Crippen molar-refractivity contribution in [2.24, 2.45) is 0 Å². The number of halogens is 4. The molecule has 0 bridgehead atoms. The van der Waals surface area contributed by atoms with Crippen LogP contribution in [0.2, 0.25) is 0 Å². The predicted molar refractivity (Wildman–Crippen MR) is 72.7 cm³/mol. The first kappa shape index (κ1) is 15.1. The molecule has 1 heterocycles. The second-order valence-corrected chi connectivity index (χ2v) is 5.82. The number of hydrogen-bond donors (Lipinski definition) is 1. The highest BCUT2D eigenvalue weighted by molar-refractivity contribution is 14.1. The summed E-state index contributed by atoms with van der Waals surface area (Å²) in [5.41, 5.74) is -2.27. The zero-order chi connectivity index (χ0) is 15.1. The van der Waals surface area contributed by atoms with Gasteiger partial charge in [-0.2, -0.15) is 13.2 Å². The summed E-state index contributed by atoms with van der Waals surface area (Å²) in [6.45, 7) is 0.481. The topological polar surface area (TPSA) is 49.4 Å². The first-order chi connectivity index (χ1) is 9.15. The highest BCUT2D eigenvalue weighted by atomic mass is 127. The summed E-state index contributed by atoms with van der Waals surface area (Å²) < 4.78 is 39.6. The number of rotatable bonds is 2. The summed E-state index contributed by atoms with van der Waals surface area (Å²) in [7, 11) is 0. The summed E-state index contributed by atoms with van der Waals surface area (Å²) in [5, 5.41) is 1.71. The Morgan fingerprint density at radius 3 is 2.25 bits per heavy atom. The zero-order valence-electron chi connectivity index (χ0n) is 10.3. The van der Waals surface area contributed by atoms with Crippen molar-refractivity contribution in [1.82, 2.24) is 10.2 Å². The molecule has 4 nitrogen and oxygen atoms in total. The largest absolute Gasteiger partial charge is 0.420 e. The van der Waals surface area contributed by atoms with Crippen molar-refractivity contribution in [1.29, 1.82) is 0 Å². The molecule has 0 saturated carbocycles. The van der Waals surface area contributed by atoms with Crippen LogP contribution in [0.5, 0.6) is 0 Å². The molecule has 8 heteroatoms. The maximum absolute atomic E-state index is 12.9. The van der Waals surface area contributed by atoms with Crippen molar-refractivity contribution in [3.05, 3.63) is 33.4 Å². The Hall–Kier alpha value is -1.32. The molecule has 1 atom stereocenters. The highest BCUT2D eigenvalue weighted by Crippen LogP contribution is 2.35. The van der Waals surface area contributed by atoms with Gasteiger partial charge in [-0.25, -0.2) is 4.79 Å². The summed E-state index contributed by atoms with van der Waals surface area (Å²) in [6.07, 6.45) is -4.83. The van der Waals surface area contributed by atoms with E-state index in [1.807, 2.05) is 0 Å². The van der Waals surface area contributed by atoms with Crippen molar-refractivity contribution in [2.45, 2.75) is 25.2 Å². The minimum atomic E-state index is -4.83. The number of hydrogen-bond acceptors (Lipinski definition) is 2. The fourth-order valence-corrected chi connectivity index (χ4v) is 2.16. The molecule has 3 amide bonds. The second kappa shape index (κ2) is 4.90. The lowest BCUT2D eigenvalue weighted by atomic mass is 10.0. The number of amides is 3. The van der Waals surface area contributed by atoms with Gasteiger partial charge in [0.15, 0.2) is 0 Å². The summed E-state index contributed by atoms with van der Waals surface area (Å²) >= 11 is 2.08. The molecular formula is C12H10F3IN2O2. The van der Waals surface area contributed by atoms with Gasteiger partial charge < -0.3 is 5.32 Å². The monoisotopic (exact) mass is 398 g/mol. The number of nitrogens with zero attached hydrogens (tertiary/aromatic N) is 1. The van der Waals surface area contributed by atoms with Crippen LogP contribution in [0.1, 0.15) is 12.5 Å². The quantitative estimate of drug-likeness (QED) is 0.616. The minimum Gasteiger partial charge on any atom is -0.316 e. The zero-order valence-corrected chi connectivity index (χ0v) is 12.4. The SMILES string of the molecule is CC1(C(F)(F)F)NC(=O)N(Cc2ccc(I)cc2)C1=O. The van der Waals surface area contributed by atoms with Crippen molar-refractivity contribution in [3.8, 4) is 0 Å². The van der Waals surface area contributed by atoms with E-state index in [4.69, 9.17) is 0 Å². The fraction of sp³-hybridized carbons (Fsp3) is 0.333.